The fourth-order valence-electron chi connectivity index (χ4n) is 5.46. The van der Waals surface area contributed by atoms with Crippen molar-refractivity contribution in [2.24, 2.45) is 7.05 Å². The number of aryl methyl sites for hydroxylation is 3. The van der Waals surface area contributed by atoms with Gasteiger partial charge in [0.1, 0.15) is 16.8 Å². The zero-order valence-electron chi connectivity index (χ0n) is 22.1. The third kappa shape index (κ3) is 4.60. The summed E-state index contributed by atoms with van der Waals surface area (Å²) in [4.78, 5) is 31.8. The minimum atomic E-state index is -0.892. The van der Waals surface area contributed by atoms with Crippen molar-refractivity contribution in [2.45, 2.75) is 45.6 Å². The maximum absolute atomic E-state index is 13.4. The van der Waals surface area contributed by atoms with E-state index in [1.807, 2.05) is 61.2 Å². The van der Waals surface area contributed by atoms with Crippen molar-refractivity contribution < 1.29 is 19.4 Å². The molecular weight excluding hydrogens is 482 g/mol. The molecule has 0 fully saturated rings. The minimum absolute atomic E-state index is 0.0337. The Balaban J connectivity index is 1.51. The molecule has 0 spiro atoms. The molecule has 1 N–H and O–H groups in total. The molecular formula is C29H31N5O4. The van der Waals surface area contributed by atoms with Gasteiger partial charge in [0, 0.05) is 31.7 Å². The van der Waals surface area contributed by atoms with Crippen LogP contribution in [-0.2, 0) is 31.2 Å². The van der Waals surface area contributed by atoms with Gasteiger partial charge >= 0.3 is 5.97 Å². The first-order valence-corrected chi connectivity index (χ1v) is 12.8. The number of aromatic nitrogens is 4. The van der Waals surface area contributed by atoms with E-state index in [0.717, 1.165) is 45.6 Å². The molecule has 2 aromatic heterocycles. The summed E-state index contributed by atoms with van der Waals surface area (Å²) in [5.41, 5.74) is 7.61. The van der Waals surface area contributed by atoms with Crippen LogP contribution in [0.1, 0.15) is 63.3 Å². The molecule has 1 atom stereocenters. The number of carboxylic acid groups (broad SMARTS) is 1. The summed E-state index contributed by atoms with van der Waals surface area (Å²) in [7, 11) is 3.38. The molecule has 1 unspecified atom stereocenters. The third-order valence-corrected chi connectivity index (χ3v) is 7.39. The number of rotatable bonds is 7. The average Bonchev–Trinajstić information content (AvgIpc) is 3.30. The third-order valence-electron chi connectivity index (χ3n) is 7.39. The summed E-state index contributed by atoms with van der Waals surface area (Å²) in [6.07, 6.45) is 1.38. The van der Waals surface area contributed by atoms with E-state index in [0.29, 0.717) is 36.3 Å². The van der Waals surface area contributed by atoms with Crippen LogP contribution < -0.4 is 4.74 Å². The molecule has 0 saturated heterocycles. The number of amides is 1. The first kappa shape index (κ1) is 25.4. The van der Waals surface area contributed by atoms with Crippen LogP contribution in [0, 0.1) is 6.92 Å². The molecule has 1 aliphatic heterocycles. The molecule has 2 aromatic carbocycles. The Bertz CT molecular complexity index is 1540. The lowest BCUT2D eigenvalue weighted by atomic mass is 9.82. The van der Waals surface area contributed by atoms with Crippen molar-refractivity contribution in [3.05, 3.63) is 81.7 Å². The number of fused-ring (bicyclic) bond motifs is 2. The second-order valence-corrected chi connectivity index (χ2v) is 9.71. The van der Waals surface area contributed by atoms with Gasteiger partial charge in [0.05, 0.1) is 24.8 Å². The number of ether oxygens (including phenoxy) is 1. The maximum atomic E-state index is 13.4. The number of carbonyl (C=O) groups excluding carboxylic acids is 1. The van der Waals surface area contributed by atoms with Gasteiger partial charge in [0.25, 0.3) is 5.91 Å². The van der Waals surface area contributed by atoms with Crippen molar-refractivity contribution in [1.29, 1.82) is 0 Å². The molecule has 0 radical (unpaired) electrons. The van der Waals surface area contributed by atoms with Crippen molar-refractivity contribution >= 4 is 22.9 Å². The van der Waals surface area contributed by atoms with E-state index in [-0.39, 0.29) is 12.3 Å². The Morgan fingerprint density at radius 2 is 2.00 bits per heavy atom. The highest BCUT2D eigenvalue weighted by Crippen LogP contribution is 2.38. The van der Waals surface area contributed by atoms with E-state index in [2.05, 4.69) is 15.3 Å². The number of methoxy groups -OCH3 is 1. The molecule has 196 valence electrons. The van der Waals surface area contributed by atoms with E-state index in [1.165, 1.54) is 0 Å². The first-order chi connectivity index (χ1) is 18.3. The van der Waals surface area contributed by atoms with Crippen LogP contribution in [-0.4, -0.2) is 55.5 Å². The lowest BCUT2D eigenvalue weighted by molar-refractivity contribution is -0.137. The van der Waals surface area contributed by atoms with Crippen molar-refractivity contribution in [3.8, 4) is 5.75 Å². The predicted octanol–water partition coefficient (Wildman–Crippen LogP) is 4.05. The SMILES string of the molecule is CCc1ccc(C(=O)N2CCc3c(cccc3C(CC(=O)O)c3cc(OC)c4c(c3)nnn4C)C2)c(C)n1. The number of carboxylic acids is 1. The number of nitrogens with zero attached hydrogens (tertiary/aromatic N) is 5. The first-order valence-electron chi connectivity index (χ1n) is 12.8. The van der Waals surface area contributed by atoms with Gasteiger partial charge in [-0.05, 0) is 66.3 Å². The van der Waals surface area contributed by atoms with Gasteiger partial charge in [-0.2, -0.15) is 0 Å². The van der Waals surface area contributed by atoms with Crippen LogP contribution in [0.3, 0.4) is 0 Å². The van der Waals surface area contributed by atoms with Crippen LogP contribution in [0.5, 0.6) is 5.75 Å². The zero-order chi connectivity index (χ0) is 27.0. The van der Waals surface area contributed by atoms with E-state index >= 15 is 0 Å². The van der Waals surface area contributed by atoms with Gasteiger partial charge in [0.2, 0.25) is 0 Å². The molecule has 4 aromatic rings. The highest BCUT2D eigenvalue weighted by atomic mass is 16.5. The molecule has 1 aliphatic rings. The molecule has 1 amide bonds. The molecule has 0 saturated carbocycles. The molecule has 0 bridgehead atoms. The second kappa shape index (κ2) is 10.2. The summed E-state index contributed by atoms with van der Waals surface area (Å²) in [6, 6.07) is 13.5. The highest BCUT2D eigenvalue weighted by Gasteiger charge is 2.29. The van der Waals surface area contributed by atoms with Gasteiger partial charge in [-0.1, -0.05) is 30.3 Å². The Kier molecular flexibility index (Phi) is 6.84. The summed E-state index contributed by atoms with van der Waals surface area (Å²) < 4.78 is 7.27. The van der Waals surface area contributed by atoms with Crippen LogP contribution in [0.25, 0.3) is 11.0 Å². The van der Waals surface area contributed by atoms with Gasteiger partial charge in [-0.25, -0.2) is 4.68 Å². The summed E-state index contributed by atoms with van der Waals surface area (Å²) in [5, 5.41) is 18.2. The number of hydrogen-bond acceptors (Lipinski definition) is 6. The number of benzene rings is 2. The topological polar surface area (TPSA) is 110 Å². The van der Waals surface area contributed by atoms with Crippen molar-refractivity contribution in [3.63, 3.8) is 0 Å². The van der Waals surface area contributed by atoms with E-state index in [9.17, 15) is 14.7 Å². The summed E-state index contributed by atoms with van der Waals surface area (Å²) in [5.74, 6) is -0.733. The molecule has 9 nitrogen and oxygen atoms in total. The molecule has 5 rings (SSSR count). The number of aliphatic carboxylic acids is 1. The lowest BCUT2D eigenvalue weighted by Gasteiger charge is -2.32. The smallest absolute Gasteiger partial charge is 0.304 e. The fourth-order valence-corrected chi connectivity index (χ4v) is 5.46. The molecule has 3 heterocycles. The van der Waals surface area contributed by atoms with Crippen LogP contribution in [0.2, 0.25) is 0 Å². The Morgan fingerprint density at radius 1 is 1.18 bits per heavy atom. The van der Waals surface area contributed by atoms with E-state index in [4.69, 9.17) is 4.74 Å². The Hall–Kier alpha value is -4.27. The van der Waals surface area contributed by atoms with Gasteiger partial charge in [0.15, 0.2) is 0 Å². The zero-order valence-corrected chi connectivity index (χ0v) is 22.1. The number of hydrogen-bond donors (Lipinski definition) is 1. The molecule has 0 aliphatic carbocycles. The van der Waals surface area contributed by atoms with Crippen LogP contribution >= 0.6 is 0 Å². The van der Waals surface area contributed by atoms with Crippen molar-refractivity contribution in [2.75, 3.05) is 13.7 Å². The van der Waals surface area contributed by atoms with Gasteiger partial charge in [-0.3, -0.25) is 14.6 Å². The van der Waals surface area contributed by atoms with E-state index in [1.54, 1.807) is 18.8 Å². The highest BCUT2D eigenvalue weighted by molar-refractivity contribution is 5.95. The number of carbonyl (C=O) groups is 2. The molecule has 9 heteroatoms. The monoisotopic (exact) mass is 513 g/mol. The van der Waals surface area contributed by atoms with Crippen LogP contribution in [0.15, 0.2) is 42.5 Å². The minimum Gasteiger partial charge on any atom is -0.494 e. The molecule has 38 heavy (non-hydrogen) atoms. The summed E-state index contributed by atoms with van der Waals surface area (Å²) in [6.45, 7) is 4.93. The summed E-state index contributed by atoms with van der Waals surface area (Å²) >= 11 is 0. The van der Waals surface area contributed by atoms with E-state index < -0.39 is 11.9 Å². The lowest BCUT2D eigenvalue weighted by Crippen LogP contribution is -2.37. The van der Waals surface area contributed by atoms with Gasteiger partial charge < -0.3 is 14.7 Å². The van der Waals surface area contributed by atoms with Crippen LogP contribution in [0.4, 0.5) is 0 Å². The average molecular weight is 514 g/mol. The normalized spacial score (nSPS) is 13.8. The Labute approximate surface area is 221 Å². The quantitative estimate of drug-likeness (QED) is 0.397. The Morgan fingerprint density at radius 3 is 2.71 bits per heavy atom. The second-order valence-electron chi connectivity index (χ2n) is 9.71. The fraction of sp³-hybridized carbons (Fsp3) is 0.345. The van der Waals surface area contributed by atoms with Gasteiger partial charge in [-0.15, -0.1) is 5.10 Å². The standard InChI is InChI=1S/C29H31N5O4/c1-5-20-9-10-21(17(2)30-20)29(37)34-12-11-22-18(16-34)7-6-8-23(22)24(15-27(35)36)19-13-25-28(26(14-19)38-4)33(3)32-31-25/h6-10,13-14,24H,5,11-12,15-16H2,1-4H3,(H,35,36). The number of pyridine rings is 1. The predicted molar refractivity (Wildman–Crippen MR) is 142 cm³/mol. The largest absolute Gasteiger partial charge is 0.494 e. The maximum Gasteiger partial charge on any atom is 0.304 e. The van der Waals surface area contributed by atoms with Crippen molar-refractivity contribution in [1.82, 2.24) is 24.9 Å².